The van der Waals surface area contributed by atoms with Crippen molar-refractivity contribution in [1.29, 1.82) is 0 Å². The predicted molar refractivity (Wildman–Crippen MR) is 81.3 cm³/mol. The van der Waals surface area contributed by atoms with E-state index in [9.17, 15) is 13.2 Å². The molecule has 0 aliphatic heterocycles. The highest BCUT2D eigenvalue weighted by Gasteiger charge is 2.18. The number of sulfonamides is 1. The van der Waals surface area contributed by atoms with E-state index >= 15 is 0 Å². The zero-order valence-electron chi connectivity index (χ0n) is 9.76. The van der Waals surface area contributed by atoms with Crippen molar-refractivity contribution in [3.63, 3.8) is 0 Å². The molecule has 9 heteroatoms. The molecule has 1 aromatic carbocycles. The average Bonchev–Trinajstić information content (AvgIpc) is 2.84. The lowest BCUT2D eigenvalue weighted by atomic mass is 10.2. The van der Waals surface area contributed by atoms with Gasteiger partial charge in [0.05, 0.1) is 14.4 Å². The van der Waals surface area contributed by atoms with Crippen molar-refractivity contribution in [3.8, 4) is 0 Å². The molecule has 0 saturated carbocycles. The summed E-state index contributed by atoms with van der Waals surface area (Å²) in [6.07, 6.45) is 0. The van der Waals surface area contributed by atoms with Crippen molar-refractivity contribution in [2.24, 2.45) is 0 Å². The largest absolute Gasteiger partial charge is 0.273 e. The standard InChI is InChI=1S/C11H8BrClN2O3S2/c12-9-5-6-10(19-9)20(17,18)15-14-11(16)7-3-1-2-4-8(7)13/h1-6,15H,(H,14,16). The Bertz CT molecular complexity index is 746. The lowest BCUT2D eigenvalue weighted by Gasteiger charge is -2.07. The number of nitrogens with one attached hydrogen (secondary N) is 2. The Balaban J connectivity index is 2.09. The van der Waals surface area contributed by atoms with Crippen LogP contribution in [0.5, 0.6) is 0 Å². The topological polar surface area (TPSA) is 75.3 Å². The van der Waals surface area contributed by atoms with Gasteiger partial charge in [-0.2, -0.15) is 0 Å². The van der Waals surface area contributed by atoms with Gasteiger partial charge in [0.15, 0.2) is 0 Å². The number of rotatable bonds is 4. The van der Waals surface area contributed by atoms with Crippen LogP contribution in [0, 0.1) is 0 Å². The van der Waals surface area contributed by atoms with Crippen LogP contribution in [-0.2, 0) is 10.0 Å². The highest BCUT2D eigenvalue weighted by Crippen LogP contribution is 2.25. The van der Waals surface area contributed by atoms with E-state index < -0.39 is 15.9 Å². The molecule has 0 fully saturated rings. The van der Waals surface area contributed by atoms with Crippen molar-refractivity contribution in [3.05, 3.63) is 50.8 Å². The minimum atomic E-state index is -3.79. The highest BCUT2D eigenvalue weighted by molar-refractivity contribution is 9.11. The van der Waals surface area contributed by atoms with Crippen LogP contribution in [0.15, 0.2) is 44.4 Å². The first kappa shape index (κ1) is 15.5. The number of hydrazine groups is 1. The van der Waals surface area contributed by atoms with Crippen LogP contribution in [0.4, 0.5) is 0 Å². The molecule has 20 heavy (non-hydrogen) atoms. The molecule has 2 N–H and O–H groups in total. The van der Waals surface area contributed by atoms with Crippen LogP contribution in [0.25, 0.3) is 0 Å². The summed E-state index contributed by atoms with van der Waals surface area (Å²) in [5.74, 6) is -0.630. The highest BCUT2D eigenvalue weighted by atomic mass is 79.9. The van der Waals surface area contributed by atoms with Crippen molar-refractivity contribution < 1.29 is 13.2 Å². The maximum Gasteiger partial charge on any atom is 0.267 e. The molecule has 5 nitrogen and oxygen atoms in total. The molecule has 106 valence electrons. The predicted octanol–water partition coefficient (Wildman–Crippen LogP) is 2.79. The van der Waals surface area contributed by atoms with Gasteiger partial charge in [0.25, 0.3) is 15.9 Å². The number of carbonyl (C=O) groups is 1. The Morgan fingerprint density at radius 2 is 1.90 bits per heavy atom. The Labute approximate surface area is 133 Å². The second-order valence-corrected chi connectivity index (χ2v) is 8.38. The molecule has 2 rings (SSSR count). The quantitative estimate of drug-likeness (QED) is 0.782. The molecule has 2 aromatic rings. The minimum Gasteiger partial charge on any atom is -0.273 e. The van der Waals surface area contributed by atoms with Gasteiger partial charge in [-0.25, -0.2) is 8.42 Å². The number of amides is 1. The zero-order valence-corrected chi connectivity index (χ0v) is 13.7. The molecular formula is C11H8BrClN2O3S2. The van der Waals surface area contributed by atoms with Crippen molar-refractivity contribution in [2.45, 2.75) is 4.21 Å². The third-order valence-electron chi connectivity index (χ3n) is 2.23. The van der Waals surface area contributed by atoms with Crippen LogP contribution in [-0.4, -0.2) is 14.3 Å². The fourth-order valence-electron chi connectivity index (χ4n) is 1.32. The number of carbonyl (C=O) groups excluding carboxylic acids is 1. The van der Waals surface area contributed by atoms with Crippen molar-refractivity contribution in [1.82, 2.24) is 10.3 Å². The summed E-state index contributed by atoms with van der Waals surface area (Å²) in [5, 5.41) is 0.239. The Morgan fingerprint density at radius 3 is 2.50 bits per heavy atom. The van der Waals surface area contributed by atoms with Gasteiger partial charge < -0.3 is 0 Å². The molecule has 1 amide bonds. The van der Waals surface area contributed by atoms with Crippen LogP contribution in [0.3, 0.4) is 0 Å². The van der Waals surface area contributed by atoms with E-state index in [4.69, 9.17) is 11.6 Å². The monoisotopic (exact) mass is 394 g/mol. The molecule has 1 aromatic heterocycles. The van der Waals surface area contributed by atoms with Crippen LogP contribution in [0.1, 0.15) is 10.4 Å². The van der Waals surface area contributed by atoms with Gasteiger partial charge in [0.1, 0.15) is 4.21 Å². The smallest absolute Gasteiger partial charge is 0.267 e. The van der Waals surface area contributed by atoms with Gasteiger partial charge in [-0.1, -0.05) is 23.7 Å². The summed E-state index contributed by atoms with van der Waals surface area (Å²) in [7, 11) is -3.79. The fourth-order valence-corrected chi connectivity index (χ4v) is 4.39. The molecule has 0 atom stereocenters. The fraction of sp³-hybridized carbons (Fsp3) is 0. The van der Waals surface area contributed by atoms with Crippen LogP contribution in [0.2, 0.25) is 5.02 Å². The van der Waals surface area contributed by atoms with E-state index in [1.54, 1.807) is 24.3 Å². The molecule has 0 unspecified atom stereocenters. The van der Waals surface area contributed by atoms with Crippen molar-refractivity contribution >= 4 is 54.8 Å². The maximum absolute atomic E-state index is 11.9. The summed E-state index contributed by atoms with van der Waals surface area (Å²) >= 11 is 10.1. The minimum absolute atomic E-state index is 0.0869. The van der Waals surface area contributed by atoms with Crippen molar-refractivity contribution in [2.75, 3.05) is 0 Å². The Morgan fingerprint density at radius 1 is 1.20 bits per heavy atom. The SMILES string of the molecule is O=C(NNS(=O)(=O)c1ccc(Br)s1)c1ccccc1Cl. The summed E-state index contributed by atoms with van der Waals surface area (Å²) in [4.78, 5) is 13.8. The molecule has 0 aliphatic rings. The summed E-state index contributed by atoms with van der Waals surface area (Å²) in [6.45, 7) is 0. The Hall–Kier alpha value is -0.930. The zero-order chi connectivity index (χ0) is 14.8. The van der Waals surface area contributed by atoms with E-state index in [0.29, 0.717) is 3.79 Å². The second-order valence-electron chi connectivity index (χ2n) is 3.60. The molecule has 0 bridgehead atoms. The Kier molecular flexibility index (Phi) is 4.82. The lowest BCUT2D eigenvalue weighted by Crippen LogP contribution is -2.41. The number of thiophene rings is 1. The third-order valence-corrected chi connectivity index (χ3v) is 5.92. The van der Waals surface area contributed by atoms with Gasteiger partial charge in [0, 0.05) is 0 Å². The van der Waals surface area contributed by atoms with Gasteiger partial charge in [-0.05, 0) is 40.2 Å². The van der Waals surface area contributed by atoms with E-state index in [0.717, 1.165) is 11.3 Å². The van der Waals surface area contributed by atoms with E-state index in [1.807, 2.05) is 4.83 Å². The average molecular weight is 396 g/mol. The first-order valence-corrected chi connectivity index (χ1v) is 8.69. The molecule has 0 spiro atoms. The summed E-state index contributed by atoms with van der Waals surface area (Å²) < 4.78 is 24.6. The lowest BCUT2D eigenvalue weighted by molar-refractivity contribution is 0.0945. The second kappa shape index (κ2) is 6.23. The van der Waals surface area contributed by atoms with Crippen LogP contribution >= 0.6 is 38.9 Å². The number of benzene rings is 1. The number of halogens is 2. The summed E-state index contributed by atoms with van der Waals surface area (Å²) in [6, 6.07) is 9.38. The molecular weight excluding hydrogens is 388 g/mol. The molecule has 0 radical (unpaired) electrons. The normalized spacial score (nSPS) is 11.3. The third kappa shape index (κ3) is 3.58. The van der Waals surface area contributed by atoms with Gasteiger partial charge in [0.2, 0.25) is 0 Å². The first-order valence-electron chi connectivity index (χ1n) is 5.22. The molecule has 0 saturated heterocycles. The van der Waals surface area contributed by atoms with E-state index in [2.05, 4.69) is 21.4 Å². The van der Waals surface area contributed by atoms with E-state index in [1.165, 1.54) is 12.1 Å². The summed E-state index contributed by atoms with van der Waals surface area (Å²) in [5.41, 5.74) is 2.30. The number of hydrogen-bond acceptors (Lipinski definition) is 4. The van der Waals surface area contributed by atoms with E-state index in [-0.39, 0.29) is 14.8 Å². The number of hydrogen-bond donors (Lipinski definition) is 2. The maximum atomic E-state index is 11.9. The van der Waals surface area contributed by atoms with Crippen LogP contribution < -0.4 is 10.3 Å². The van der Waals surface area contributed by atoms with Gasteiger partial charge in [-0.3, -0.25) is 10.2 Å². The molecule has 1 heterocycles. The van der Waals surface area contributed by atoms with Gasteiger partial charge >= 0.3 is 0 Å². The first-order chi connectivity index (χ1) is 9.40. The molecule has 0 aliphatic carbocycles. The van der Waals surface area contributed by atoms with Gasteiger partial charge in [-0.15, -0.1) is 16.2 Å².